The van der Waals surface area contributed by atoms with Crippen LogP contribution >= 0.6 is 11.8 Å². The maximum Gasteiger partial charge on any atom is 0.255 e. The minimum absolute atomic E-state index is 0.00113. The van der Waals surface area contributed by atoms with E-state index in [1.807, 2.05) is 29.2 Å². The third-order valence-corrected chi connectivity index (χ3v) is 5.68. The Morgan fingerprint density at radius 2 is 2.04 bits per heavy atom. The molecule has 3 nitrogen and oxygen atoms in total. The number of nitrogens with zero attached hydrogens (tertiary/aromatic N) is 1. The predicted molar refractivity (Wildman–Crippen MR) is 99.2 cm³/mol. The molecule has 1 aliphatic heterocycles. The first kappa shape index (κ1) is 17.2. The highest BCUT2D eigenvalue weighted by Gasteiger charge is 2.32. The number of unbranched alkanes of at least 4 members (excludes halogenated alkanes) is 3. The molecular weight excluding hydrogens is 318 g/mol. The lowest BCUT2D eigenvalue weighted by molar-refractivity contribution is 0.0749. The van der Waals surface area contributed by atoms with Gasteiger partial charge in [-0.3, -0.25) is 4.79 Å². The van der Waals surface area contributed by atoms with Gasteiger partial charge < -0.3 is 9.32 Å². The van der Waals surface area contributed by atoms with E-state index >= 15 is 0 Å². The van der Waals surface area contributed by atoms with Crippen LogP contribution in [0.3, 0.4) is 0 Å². The third-order valence-electron chi connectivity index (χ3n) is 4.46. The van der Waals surface area contributed by atoms with Crippen LogP contribution in [0.1, 0.15) is 59.7 Å². The number of hydrogen-bond acceptors (Lipinski definition) is 3. The fourth-order valence-electron chi connectivity index (χ4n) is 3.08. The molecule has 128 valence electrons. The van der Waals surface area contributed by atoms with Crippen LogP contribution in [-0.2, 0) is 6.42 Å². The van der Waals surface area contributed by atoms with E-state index in [2.05, 4.69) is 19.1 Å². The highest BCUT2D eigenvalue weighted by Crippen LogP contribution is 2.38. The van der Waals surface area contributed by atoms with Crippen molar-refractivity contribution < 1.29 is 9.21 Å². The number of amides is 1. The van der Waals surface area contributed by atoms with Crippen LogP contribution in [0.15, 0.2) is 47.1 Å². The average molecular weight is 343 g/mol. The Bertz CT molecular complexity index is 636. The van der Waals surface area contributed by atoms with E-state index in [1.54, 1.807) is 18.0 Å². The predicted octanol–water partition coefficient (Wildman–Crippen LogP) is 5.29. The number of furan rings is 1. The van der Waals surface area contributed by atoms with Crippen molar-refractivity contribution in [2.75, 3.05) is 12.3 Å². The minimum Gasteiger partial charge on any atom is -0.466 e. The molecule has 4 heteroatoms. The fourth-order valence-corrected chi connectivity index (χ4v) is 4.29. The van der Waals surface area contributed by atoms with Crippen molar-refractivity contribution in [3.05, 3.63) is 59.5 Å². The Morgan fingerprint density at radius 1 is 1.21 bits per heavy atom. The number of thioether (sulfide) groups is 1. The molecule has 1 saturated heterocycles. The summed E-state index contributed by atoms with van der Waals surface area (Å²) >= 11 is 1.76. The van der Waals surface area contributed by atoms with E-state index in [9.17, 15) is 4.79 Å². The topological polar surface area (TPSA) is 33.5 Å². The summed E-state index contributed by atoms with van der Waals surface area (Å²) in [7, 11) is 0. The Labute approximate surface area is 148 Å². The van der Waals surface area contributed by atoms with Gasteiger partial charge in [0, 0.05) is 17.9 Å². The first-order valence-corrected chi connectivity index (χ1v) is 9.89. The van der Waals surface area contributed by atoms with Crippen LogP contribution in [0, 0.1) is 0 Å². The van der Waals surface area contributed by atoms with Gasteiger partial charge in [-0.25, -0.2) is 0 Å². The lowest BCUT2D eigenvalue weighted by Gasteiger charge is -2.22. The van der Waals surface area contributed by atoms with Gasteiger partial charge in [-0.2, -0.15) is 0 Å². The van der Waals surface area contributed by atoms with Crippen molar-refractivity contribution in [2.45, 2.75) is 44.4 Å². The SMILES string of the molecule is CCCCCCc1ccc(C(=O)N2CCS[C@H]2c2ccco2)cc1. The summed E-state index contributed by atoms with van der Waals surface area (Å²) in [6.07, 6.45) is 7.85. The second-order valence-electron chi connectivity index (χ2n) is 6.24. The van der Waals surface area contributed by atoms with E-state index in [0.717, 1.165) is 30.0 Å². The second-order valence-corrected chi connectivity index (χ2v) is 7.43. The highest BCUT2D eigenvalue weighted by molar-refractivity contribution is 7.99. The lowest BCUT2D eigenvalue weighted by atomic mass is 10.0. The first-order valence-electron chi connectivity index (χ1n) is 8.84. The number of aryl methyl sites for hydroxylation is 1. The van der Waals surface area contributed by atoms with Gasteiger partial charge >= 0.3 is 0 Å². The second kappa shape index (κ2) is 8.43. The van der Waals surface area contributed by atoms with Crippen LogP contribution in [0.4, 0.5) is 0 Å². The van der Waals surface area contributed by atoms with Gasteiger partial charge in [-0.15, -0.1) is 11.8 Å². The van der Waals surface area contributed by atoms with E-state index < -0.39 is 0 Å². The van der Waals surface area contributed by atoms with Crippen molar-refractivity contribution >= 4 is 17.7 Å². The summed E-state index contributed by atoms with van der Waals surface area (Å²) in [6, 6.07) is 12.0. The number of hydrogen-bond donors (Lipinski definition) is 0. The van der Waals surface area contributed by atoms with Crippen LogP contribution in [0.2, 0.25) is 0 Å². The van der Waals surface area contributed by atoms with Gasteiger partial charge in [-0.1, -0.05) is 38.3 Å². The summed E-state index contributed by atoms with van der Waals surface area (Å²) in [4.78, 5) is 14.8. The monoisotopic (exact) mass is 343 g/mol. The molecule has 1 fully saturated rings. The lowest BCUT2D eigenvalue weighted by Crippen LogP contribution is -2.30. The number of carbonyl (C=O) groups excluding carboxylic acids is 1. The van der Waals surface area contributed by atoms with E-state index in [4.69, 9.17) is 4.42 Å². The molecule has 0 saturated carbocycles. The molecule has 1 atom stereocenters. The van der Waals surface area contributed by atoms with Crippen molar-refractivity contribution in [3.8, 4) is 0 Å². The van der Waals surface area contributed by atoms with Gasteiger partial charge in [0.1, 0.15) is 11.1 Å². The molecule has 1 aliphatic rings. The quantitative estimate of drug-likeness (QED) is 0.640. The Kier molecular flexibility index (Phi) is 6.02. The molecule has 0 bridgehead atoms. The number of benzene rings is 1. The maximum absolute atomic E-state index is 12.8. The van der Waals surface area contributed by atoms with Gasteiger partial charge in [0.05, 0.1) is 6.26 Å². The average Bonchev–Trinajstić information content (AvgIpc) is 3.29. The van der Waals surface area contributed by atoms with Crippen LogP contribution in [0.25, 0.3) is 0 Å². The smallest absolute Gasteiger partial charge is 0.255 e. The van der Waals surface area contributed by atoms with Crippen molar-refractivity contribution in [3.63, 3.8) is 0 Å². The summed E-state index contributed by atoms with van der Waals surface area (Å²) < 4.78 is 5.50. The first-order chi connectivity index (χ1) is 11.8. The van der Waals surface area contributed by atoms with Gasteiger partial charge in [-0.05, 0) is 42.7 Å². The van der Waals surface area contributed by atoms with Crippen LogP contribution in [0.5, 0.6) is 0 Å². The molecule has 2 heterocycles. The summed E-state index contributed by atoms with van der Waals surface area (Å²) in [5.41, 5.74) is 2.09. The number of rotatable bonds is 7. The zero-order valence-corrected chi connectivity index (χ0v) is 15.1. The van der Waals surface area contributed by atoms with Crippen LogP contribution in [-0.4, -0.2) is 23.1 Å². The molecule has 0 spiro atoms. The molecule has 1 aromatic carbocycles. The zero-order chi connectivity index (χ0) is 16.8. The molecule has 0 N–H and O–H groups in total. The van der Waals surface area contributed by atoms with E-state index in [-0.39, 0.29) is 11.3 Å². The number of carbonyl (C=O) groups is 1. The maximum atomic E-state index is 12.8. The van der Waals surface area contributed by atoms with Crippen molar-refractivity contribution in [1.82, 2.24) is 4.90 Å². The summed E-state index contributed by atoms with van der Waals surface area (Å²) in [5, 5.41) is 0.00113. The molecule has 0 unspecified atom stereocenters. The van der Waals surface area contributed by atoms with Gasteiger partial charge in [0.15, 0.2) is 0 Å². The molecule has 3 rings (SSSR count). The van der Waals surface area contributed by atoms with Crippen LogP contribution < -0.4 is 0 Å². The molecule has 0 aliphatic carbocycles. The summed E-state index contributed by atoms with van der Waals surface area (Å²) in [6.45, 7) is 3.00. The Morgan fingerprint density at radius 3 is 2.75 bits per heavy atom. The zero-order valence-electron chi connectivity index (χ0n) is 14.2. The molecule has 1 amide bonds. The molecular formula is C20H25NO2S. The summed E-state index contributed by atoms with van der Waals surface area (Å²) in [5.74, 6) is 1.91. The fraction of sp³-hybridized carbons (Fsp3) is 0.450. The largest absolute Gasteiger partial charge is 0.466 e. The van der Waals surface area contributed by atoms with Gasteiger partial charge in [0.2, 0.25) is 0 Å². The molecule has 2 aromatic rings. The Hall–Kier alpha value is -1.68. The molecule has 0 radical (unpaired) electrons. The van der Waals surface area contributed by atoms with Gasteiger partial charge in [0.25, 0.3) is 5.91 Å². The third kappa shape index (κ3) is 4.04. The van der Waals surface area contributed by atoms with E-state index in [1.165, 1.54) is 31.2 Å². The van der Waals surface area contributed by atoms with E-state index in [0.29, 0.717) is 0 Å². The van der Waals surface area contributed by atoms with Crippen molar-refractivity contribution in [1.29, 1.82) is 0 Å². The molecule has 24 heavy (non-hydrogen) atoms. The standard InChI is InChI=1S/C20H25NO2S/c1-2-3-4-5-7-16-9-11-17(12-10-16)19(22)21-13-15-24-20(21)18-8-6-14-23-18/h6,8-12,14,20H,2-5,7,13,15H2,1H3/t20-/m0/s1. The highest BCUT2D eigenvalue weighted by atomic mass is 32.2. The Balaban J connectivity index is 1.62. The molecule has 1 aromatic heterocycles. The normalized spacial score (nSPS) is 17.4. The van der Waals surface area contributed by atoms with Crippen molar-refractivity contribution in [2.24, 2.45) is 0 Å². The minimum atomic E-state index is 0.00113.